The standard InChI is InChI=1S/C22H40O10S9/c23-1-6-33-8-3-28-20(25)11-36-16-35-10-5-31-32-15-40-19-41-18-39-14-30-22(27)13-38-17-37-12-21(26)29-4-9-34-7-2-24/h23-24H,1-19H2. The molecule has 0 aromatic rings. The SMILES string of the molecule is O=C(CSCSCCOOCSCSCSCOC(=O)CSCSCC(=O)OCCSCCO)OCCSCCO. The monoisotopic (exact) mass is 752 g/mol. The van der Waals surface area contributed by atoms with Crippen molar-refractivity contribution in [1.82, 2.24) is 0 Å². The van der Waals surface area contributed by atoms with E-state index >= 15 is 0 Å². The van der Waals surface area contributed by atoms with E-state index in [-0.39, 0.29) is 42.6 Å². The van der Waals surface area contributed by atoms with Gasteiger partial charge in [0.1, 0.15) is 25.1 Å². The number of aliphatic hydroxyl groups is 2. The van der Waals surface area contributed by atoms with Crippen molar-refractivity contribution >= 4 is 124 Å². The first-order valence-electron chi connectivity index (χ1n) is 12.2. The number of rotatable bonds is 32. The lowest BCUT2D eigenvalue weighted by Gasteiger charge is -2.06. The van der Waals surface area contributed by atoms with Gasteiger partial charge in [-0.15, -0.1) is 82.3 Å². The van der Waals surface area contributed by atoms with Gasteiger partial charge in [-0.05, 0) is 0 Å². The molecule has 19 heteroatoms. The van der Waals surface area contributed by atoms with Crippen LogP contribution in [0.1, 0.15) is 0 Å². The number of hydrogen-bond donors (Lipinski definition) is 2. The molecule has 0 radical (unpaired) electrons. The van der Waals surface area contributed by atoms with Crippen LogP contribution in [0.5, 0.6) is 0 Å². The fourth-order valence-corrected chi connectivity index (χ4v) is 9.13. The van der Waals surface area contributed by atoms with Crippen LogP contribution in [-0.2, 0) is 38.4 Å². The first-order valence-corrected chi connectivity index (χ1v) is 22.6. The molecule has 0 aliphatic rings. The van der Waals surface area contributed by atoms with Crippen LogP contribution >= 0.6 is 106 Å². The van der Waals surface area contributed by atoms with Crippen LogP contribution in [0.25, 0.3) is 0 Å². The minimum atomic E-state index is -0.269. The van der Waals surface area contributed by atoms with Gasteiger partial charge in [0.05, 0.1) is 37.1 Å². The molecule has 0 spiro atoms. The van der Waals surface area contributed by atoms with Crippen LogP contribution < -0.4 is 0 Å². The Bertz CT molecular complexity index is 626. The molecular formula is C22H40O10S9. The summed E-state index contributed by atoms with van der Waals surface area (Å²) in [5.74, 6) is 4.28. The molecule has 0 atom stereocenters. The van der Waals surface area contributed by atoms with E-state index in [4.69, 9.17) is 34.2 Å². The molecule has 0 aliphatic heterocycles. The smallest absolute Gasteiger partial charge is 0.316 e. The van der Waals surface area contributed by atoms with Gasteiger partial charge in [0.15, 0.2) is 0 Å². The van der Waals surface area contributed by atoms with E-state index in [0.29, 0.717) is 65.5 Å². The third-order valence-corrected chi connectivity index (χ3v) is 13.1. The van der Waals surface area contributed by atoms with E-state index in [1.165, 1.54) is 58.8 Å². The van der Waals surface area contributed by atoms with E-state index in [2.05, 4.69) is 0 Å². The van der Waals surface area contributed by atoms with Crippen molar-refractivity contribution in [1.29, 1.82) is 0 Å². The second-order valence-corrected chi connectivity index (χ2v) is 17.7. The van der Waals surface area contributed by atoms with Crippen LogP contribution in [-0.4, -0.2) is 139 Å². The summed E-state index contributed by atoms with van der Waals surface area (Å²) in [6.07, 6.45) is 0. The Labute approximate surface area is 281 Å². The van der Waals surface area contributed by atoms with E-state index < -0.39 is 0 Å². The number of thioether (sulfide) groups is 9. The fourth-order valence-electron chi connectivity index (χ4n) is 1.99. The van der Waals surface area contributed by atoms with Gasteiger partial charge < -0.3 is 24.4 Å². The minimum Gasteiger partial charge on any atom is -0.464 e. The van der Waals surface area contributed by atoms with Crippen molar-refractivity contribution in [2.75, 3.05) is 111 Å². The Balaban J connectivity index is 3.26. The number of esters is 3. The summed E-state index contributed by atoms with van der Waals surface area (Å²) in [6, 6.07) is 0. The van der Waals surface area contributed by atoms with E-state index in [1.54, 1.807) is 47.0 Å². The van der Waals surface area contributed by atoms with Crippen molar-refractivity contribution in [2.45, 2.75) is 0 Å². The van der Waals surface area contributed by atoms with Gasteiger partial charge in [0, 0.05) is 49.1 Å². The maximum atomic E-state index is 11.7. The molecule has 0 rings (SSSR count). The maximum absolute atomic E-state index is 11.7. The molecule has 0 heterocycles. The van der Waals surface area contributed by atoms with Crippen molar-refractivity contribution < 1.29 is 48.6 Å². The van der Waals surface area contributed by atoms with Gasteiger partial charge in [-0.2, -0.15) is 23.5 Å². The zero-order chi connectivity index (χ0) is 30.1. The summed E-state index contributed by atoms with van der Waals surface area (Å²) in [7, 11) is 0. The van der Waals surface area contributed by atoms with Crippen molar-refractivity contribution in [3.8, 4) is 0 Å². The summed E-state index contributed by atoms with van der Waals surface area (Å²) < 4.78 is 15.4. The van der Waals surface area contributed by atoms with Crippen LogP contribution in [0, 0.1) is 0 Å². The highest BCUT2D eigenvalue weighted by Crippen LogP contribution is 2.19. The number of aliphatic hydroxyl groups excluding tert-OH is 2. The summed E-state index contributed by atoms with van der Waals surface area (Å²) in [4.78, 5) is 45.1. The van der Waals surface area contributed by atoms with Crippen LogP contribution in [0.15, 0.2) is 0 Å². The highest BCUT2D eigenvalue weighted by atomic mass is 32.2. The number of ether oxygens (including phenoxy) is 3. The average Bonchev–Trinajstić information content (AvgIpc) is 2.96. The molecule has 0 saturated heterocycles. The third-order valence-electron chi connectivity index (χ3n) is 3.61. The van der Waals surface area contributed by atoms with E-state index in [1.807, 2.05) is 0 Å². The van der Waals surface area contributed by atoms with Crippen LogP contribution in [0.4, 0.5) is 0 Å². The van der Waals surface area contributed by atoms with Gasteiger partial charge in [-0.25, -0.2) is 9.78 Å². The molecule has 242 valence electrons. The molecule has 2 N–H and O–H groups in total. The summed E-state index contributed by atoms with van der Waals surface area (Å²) in [6.45, 7) is 1.46. The van der Waals surface area contributed by atoms with Gasteiger partial charge in [0.2, 0.25) is 0 Å². The molecule has 0 amide bonds. The lowest BCUT2D eigenvalue weighted by Crippen LogP contribution is -2.11. The second kappa shape index (κ2) is 35.9. The van der Waals surface area contributed by atoms with Crippen molar-refractivity contribution in [3.05, 3.63) is 0 Å². The quantitative estimate of drug-likeness (QED) is 0.0256. The Morgan fingerprint density at radius 2 is 0.902 bits per heavy atom. The summed E-state index contributed by atoms with van der Waals surface area (Å²) in [5, 5.41) is 20.4. The highest BCUT2D eigenvalue weighted by Gasteiger charge is 2.06. The van der Waals surface area contributed by atoms with E-state index in [9.17, 15) is 14.4 Å². The summed E-state index contributed by atoms with van der Waals surface area (Å²) in [5.41, 5.74) is 0. The maximum Gasteiger partial charge on any atom is 0.316 e. The highest BCUT2D eigenvalue weighted by molar-refractivity contribution is 8.22. The topological polar surface area (TPSA) is 138 Å². The molecule has 0 aromatic carbocycles. The minimum absolute atomic E-state index is 0.123. The molecule has 0 unspecified atom stereocenters. The molecule has 10 nitrogen and oxygen atoms in total. The Hall–Kier alpha value is 1.40. The van der Waals surface area contributed by atoms with Gasteiger partial charge in [-0.3, -0.25) is 14.4 Å². The lowest BCUT2D eigenvalue weighted by atomic mass is 10.8. The first kappa shape index (κ1) is 42.4. The normalized spacial score (nSPS) is 11.0. The summed E-state index contributed by atoms with van der Waals surface area (Å²) >= 11 is 13.9. The predicted octanol–water partition coefficient (Wildman–Crippen LogP) is 3.89. The largest absolute Gasteiger partial charge is 0.464 e. The number of carbonyl (C=O) groups excluding carboxylic acids is 3. The molecule has 0 fully saturated rings. The van der Waals surface area contributed by atoms with Gasteiger partial charge >= 0.3 is 17.9 Å². The van der Waals surface area contributed by atoms with Gasteiger partial charge in [0.25, 0.3) is 0 Å². The average molecular weight is 753 g/mol. The zero-order valence-corrected chi connectivity index (χ0v) is 30.1. The second-order valence-electron chi connectivity index (χ2n) is 6.84. The Kier molecular flexibility index (Phi) is 37.1. The molecular weight excluding hydrogens is 713 g/mol. The van der Waals surface area contributed by atoms with Crippen molar-refractivity contribution in [2.24, 2.45) is 0 Å². The Morgan fingerprint density at radius 1 is 0.439 bits per heavy atom. The molecule has 0 aliphatic carbocycles. The molecule has 41 heavy (non-hydrogen) atoms. The zero-order valence-electron chi connectivity index (χ0n) is 22.8. The Morgan fingerprint density at radius 3 is 1.46 bits per heavy atom. The third kappa shape index (κ3) is 35.7. The molecule has 0 aromatic heterocycles. The van der Waals surface area contributed by atoms with Crippen molar-refractivity contribution in [3.63, 3.8) is 0 Å². The van der Waals surface area contributed by atoms with E-state index in [0.717, 1.165) is 21.0 Å². The number of carbonyl (C=O) groups is 3. The van der Waals surface area contributed by atoms with Crippen LogP contribution in [0.2, 0.25) is 0 Å². The molecule has 0 bridgehead atoms. The fraction of sp³-hybridized carbons (Fsp3) is 0.864. The van der Waals surface area contributed by atoms with Gasteiger partial charge in [-0.1, -0.05) is 0 Å². The first-order chi connectivity index (χ1) is 20.1. The molecule has 0 saturated carbocycles. The predicted molar refractivity (Wildman–Crippen MR) is 186 cm³/mol. The van der Waals surface area contributed by atoms with Crippen LogP contribution in [0.3, 0.4) is 0 Å². The lowest BCUT2D eigenvalue weighted by molar-refractivity contribution is -0.274. The number of hydrogen-bond acceptors (Lipinski definition) is 19.